The minimum atomic E-state index is 0.0735. The third-order valence-electron chi connectivity index (χ3n) is 5.25. The highest BCUT2D eigenvalue weighted by atomic mass is 16.5. The van der Waals surface area contributed by atoms with Crippen molar-refractivity contribution in [3.05, 3.63) is 65.7 Å². The molecule has 2 aromatic carbocycles. The predicted octanol–water partition coefficient (Wildman–Crippen LogP) is 2.95. The molecule has 1 aliphatic heterocycles. The average Bonchev–Trinajstić information content (AvgIpc) is 2.72. The van der Waals surface area contributed by atoms with Crippen molar-refractivity contribution >= 4 is 5.91 Å². The Kier molecular flexibility index (Phi) is 8.08. The Morgan fingerprint density at radius 1 is 0.966 bits per heavy atom. The Balaban J connectivity index is 1.36. The fourth-order valence-corrected chi connectivity index (χ4v) is 3.79. The van der Waals surface area contributed by atoms with Crippen LogP contribution in [0.5, 0.6) is 5.75 Å². The Bertz CT molecular complexity index is 740. The number of nitrogens with one attached hydrogen (secondary N) is 1. The first-order valence-corrected chi connectivity index (χ1v) is 10.6. The number of ether oxygens (including phenoxy) is 1. The summed E-state index contributed by atoms with van der Waals surface area (Å²) < 4.78 is 5.45. The first-order chi connectivity index (χ1) is 14.1. The van der Waals surface area contributed by atoms with Gasteiger partial charge in [0.15, 0.2) is 0 Å². The first kappa shape index (κ1) is 21.3. The van der Waals surface area contributed by atoms with Crippen LogP contribution >= 0.6 is 0 Å². The highest BCUT2D eigenvalue weighted by molar-refractivity contribution is 5.78. The van der Waals surface area contributed by atoms with Crippen LogP contribution in [-0.4, -0.2) is 61.1 Å². The summed E-state index contributed by atoms with van der Waals surface area (Å²) in [7, 11) is 0. The molecular weight excluding hydrogens is 362 g/mol. The second-order valence-electron chi connectivity index (χ2n) is 7.78. The summed E-state index contributed by atoms with van der Waals surface area (Å²) in [6.07, 6.45) is 0.404. The smallest absolute Gasteiger partial charge is 0.224 e. The van der Waals surface area contributed by atoms with Gasteiger partial charge in [0.2, 0.25) is 5.91 Å². The quantitative estimate of drug-likeness (QED) is 0.709. The van der Waals surface area contributed by atoms with Crippen LogP contribution in [0.2, 0.25) is 0 Å². The number of carbonyl (C=O) groups is 1. The molecule has 1 aliphatic rings. The number of carbonyl (C=O) groups excluding carboxylic acids is 1. The fourth-order valence-electron chi connectivity index (χ4n) is 3.79. The molecule has 1 saturated heterocycles. The van der Waals surface area contributed by atoms with Crippen molar-refractivity contribution in [3.63, 3.8) is 0 Å². The van der Waals surface area contributed by atoms with E-state index >= 15 is 0 Å². The average molecular weight is 396 g/mol. The third kappa shape index (κ3) is 7.18. The zero-order valence-electron chi connectivity index (χ0n) is 17.6. The van der Waals surface area contributed by atoms with Crippen LogP contribution in [0, 0.1) is 0 Å². The maximum absolute atomic E-state index is 12.4. The molecule has 0 aliphatic carbocycles. The van der Waals surface area contributed by atoms with E-state index in [0.29, 0.717) is 13.0 Å². The van der Waals surface area contributed by atoms with Gasteiger partial charge in [-0.05, 0) is 37.1 Å². The molecule has 1 fully saturated rings. The summed E-state index contributed by atoms with van der Waals surface area (Å²) in [4.78, 5) is 17.3. The standard InChI is InChI=1S/C24H33N3O2/c1-3-29-23-11-9-21(10-12-23)17-24(28)25-20(2)18-26-13-15-27(16-14-26)19-22-7-5-4-6-8-22/h4-12,20H,3,13-19H2,1-2H3,(H,25,28)/t20-/m0/s1. The number of amides is 1. The van der Waals surface area contributed by atoms with Crippen LogP contribution < -0.4 is 10.1 Å². The molecular formula is C24H33N3O2. The zero-order valence-corrected chi connectivity index (χ0v) is 17.6. The van der Waals surface area contributed by atoms with Crippen LogP contribution in [0.4, 0.5) is 0 Å². The van der Waals surface area contributed by atoms with E-state index in [1.165, 1.54) is 5.56 Å². The van der Waals surface area contributed by atoms with Crippen LogP contribution in [0.25, 0.3) is 0 Å². The summed E-state index contributed by atoms with van der Waals surface area (Å²) >= 11 is 0. The van der Waals surface area contributed by atoms with Crippen LogP contribution in [0.3, 0.4) is 0 Å². The van der Waals surface area contributed by atoms with Gasteiger partial charge in [-0.2, -0.15) is 0 Å². The van der Waals surface area contributed by atoms with E-state index in [1.807, 2.05) is 31.2 Å². The van der Waals surface area contributed by atoms with Crippen LogP contribution in [0.1, 0.15) is 25.0 Å². The number of hydrogen-bond acceptors (Lipinski definition) is 4. The Morgan fingerprint density at radius 2 is 1.62 bits per heavy atom. The van der Waals surface area contributed by atoms with E-state index in [9.17, 15) is 4.79 Å². The molecule has 2 aromatic rings. The lowest BCUT2D eigenvalue weighted by atomic mass is 10.1. The van der Waals surface area contributed by atoms with Gasteiger partial charge in [0.1, 0.15) is 5.75 Å². The summed E-state index contributed by atoms with van der Waals surface area (Å²) in [5.74, 6) is 0.917. The molecule has 0 aromatic heterocycles. The van der Waals surface area contributed by atoms with Crippen LogP contribution in [0.15, 0.2) is 54.6 Å². The van der Waals surface area contributed by atoms with E-state index < -0.39 is 0 Å². The van der Waals surface area contributed by atoms with Crippen molar-refractivity contribution in [2.75, 3.05) is 39.3 Å². The van der Waals surface area contributed by atoms with E-state index in [2.05, 4.69) is 52.4 Å². The van der Waals surface area contributed by atoms with Gasteiger partial charge < -0.3 is 10.1 Å². The first-order valence-electron chi connectivity index (χ1n) is 10.6. The topological polar surface area (TPSA) is 44.8 Å². The molecule has 0 radical (unpaired) electrons. The zero-order chi connectivity index (χ0) is 20.5. The van der Waals surface area contributed by atoms with Gasteiger partial charge >= 0.3 is 0 Å². The molecule has 5 heteroatoms. The molecule has 1 N–H and O–H groups in total. The van der Waals surface area contributed by atoms with E-state index in [1.54, 1.807) is 0 Å². The second kappa shape index (κ2) is 11.0. The van der Waals surface area contributed by atoms with Crippen molar-refractivity contribution in [1.82, 2.24) is 15.1 Å². The fraction of sp³-hybridized carbons (Fsp3) is 0.458. The largest absolute Gasteiger partial charge is 0.494 e. The highest BCUT2D eigenvalue weighted by Gasteiger charge is 2.19. The highest BCUT2D eigenvalue weighted by Crippen LogP contribution is 2.13. The van der Waals surface area contributed by atoms with Crippen molar-refractivity contribution < 1.29 is 9.53 Å². The van der Waals surface area contributed by atoms with Crippen molar-refractivity contribution in [3.8, 4) is 5.75 Å². The molecule has 29 heavy (non-hydrogen) atoms. The SMILES string of the molecule is CCOc1ccc(CC(=O)N[C@@H](C)CN2CCN(Cc3ccccc3)CC2)cc1. The molecule has 3 rings (SSSR count). The summed E-state index contributed by atoms with van der Waals surface area (Å²) in [6, 6.07) is 18.5. The van der Waals surface area contributed by atoms with Gasteiger partial charge in [-0.1, -0.05) is 42.5 Å². The lowest BCUT2D eigenvalue weighted by Crippen LogP contribution is -2.50. The summed E-state index contributed by atoms with van der Waals surface area (Å²) in [5.41, 5.74) is 2.38. The number of piperazine rings is 1. The molecule has 0 saturated carbocycles. The molecule has 0 spiro atoms. The lowest BCUT2D eigenvalue weighted by molar-refractivity contribution is -0.121. The summed E-state index contributed by atoms with van der Waals surface area (Å²) in [5, 5.41) is 3.14. The number of rotatable bonds is 9. The molecule has 5 nitrogen and oxygen atoms in total. The van der Waals surface area contributed by atoms with Crippen molar-refractivity contribution in [2.45, 2.75) is 32.9 Å². The molecule has 1 atom stereocenters. The summed E-state index contributed by atoms with van der Waals surface area (Å²) in [6.45, 7) is 10.9. The normalized spacial score (nSPS) is 16.3. The monoisotopic (exact) mass is 395 g/mol. The number of benzene rings is 2. The molecule has 0 bridgehead atoms. The van der Waals surface area contributed by atoms with Crippen molar-refractivity contribution in [1.29, 1.82) is 0 Å². The molecule has 1 amide bonds. The van der Waals surface area contributed by atoms with Gasteiger partial charge in [-0.3, -0.25) is 14.6 Å². The number of hydrogen-bond donors (Lipinski definition) is 1. The Morgan fingerprint density at radius 3 is 2.28 bits per heavy atom. The van der Waals surface area contributed by atoms with Gasteiger partial charge in [0, 0.05) is 45.3 Å². The second-order valence-corrected chi connectivity index (χ2v) is 7.78. The minimum Gasteiger partial charge on any atom is -0.494 e. The van der Waals surface area contributed by atoms with Gasteiger partial charge in [0.25, 0.3) is 0 Å². The number of nitrogens with zero attached hydrogens (tertiary/aromatic N) is 2. The maximum Gasteiger partial charge on any atom is 0.224 e. The van der Waals surface area contributed by atoms with E-state index in [-0.39, 0.29) is 11.9 Å². The third-order valence-corrected chi connectivity index (χ3v) is 5.25. The van der Waals surface area contributed by atoms with Gasteiger partial charge in [0.05, 0.1) is 13.0 Å². The Hall–Kier alpha value is -2.37. The van der Waals surface area contributed by atoms with Gasteiger partial charge in [-0.25, -0.2) is 0 Å². The molecule has 156 valence electrons. The van der Waals surface area contributed by atoms with Crippen LogP contribution in [-0.2, 0) is 17.8 Å². The minimum absolute atomic E-state index is 0.0735. The van der Waals surface area contributed by atoms with Gasteiger partial charge in [-0.15, -0.1) is 0 Å². The Labute approximate surface area is 174 Å². The predicted molar refractivity (Wildman–Crippen MR) is 117 cm³/mol. The molecule has 0 unspecified atom stereocenters. The maximum atomic E-state index is 12.4. The van der Waals surface area contributed by atoms with E-state index in [0.717, 1.165) is 50.6 Å². The van der Waals surface area contributed by atoms with E-state index in [4.69, 9.17) is 4.74 Å². The molecule has 1 heterocycles. The van der Waals surface area contributed by atoms with Crippen molar-refractivity contribution in [2.24, 2.45) is 0 Å². The lowest BCUT2D eigenvalue weighted by Gasteiger charge is -2.36.